The van der Waals surface area contributed by atoms with Crippen LogP contribution in [-0.2, 0) is 4.74 Å². The molecule has 1 atom stereocenters. The molecule has 0 saturated carbocycles. The Labute approximate surface area is 64.5 Å². The van der Waals surface area contributed by atoms with Crippen molar-refractivity contribution in [3.8, 4) is 0 Å². The molecule has 0 N–H and O–H groups in total. The summed E-state index contributed by atoms with van der Waals surface area (Å²) in [4.78, 5) is 0. The molecule has 0 aromatic rings. The lowest BCUT2D eigenvalue weighted by Crippen LogP contribution is -2.09. The molecule has 0 aromatic carbocycles. The highest BCUT2D eigenvalue weighted by atomic mass is 31.0. The van der Waals surface area contributed by atoms with Crippen molar-refractivity contribution in [3.63, 3.8) is 0 Å². The van der Waals surface area contributed by atoms with E-state index in [-0.39, 0.29) is 0 Å². The van der Waals surface area contributed by atoms with E-state index in [0.29, 0.717) is 0 Å². The van der Waals surface area contributed by atoms with Crippen LogP contribution in [0.4, 0.5) is 0 Å². The van der Waals surface area contributed by atoms with E-state index in [9.17, 15) is 0 Å². The van der Waals surface area contributed by atoms with Gasteiger partial charge in [-0.05, 0) is 29.7 Å². The van der Waals surface area contributed by atoms with E-state index < -0.39 is 0 Å². The molecule has 58 valence electrons. The highest BCUT2D eigenvalue weighted by molar-refractivity contribution is 7.13. The van der Waals surface area contributed by atoms with Crippen LogP contribution in [0, 0.1) is 0 Å². The average molecular weight is 159 g/mol. The molecule has 1 unspecified atom stereocenters. The molecule has 1 rings (SSSR count). The van der Waals surface area contributed by atoms with Gasteiger partial charge in [0.05, 0.1) is 12.3 Å². The largest absolute Gasteiger partial charge is 0.496 e. The molecule has 1 aliphatic rings. The van der Waals surface area contributed by atoms with E-state index in [4.69, 9.17) is 4.74 Å². The van der Waals surface area contributed by atoms with Gasteiger partial charge in [0.1, 0.15) is 5.76 Å². The van der Waals surface area contributed by atoms with Crippen molar-refractivity contribution in [1.82, 2.24) is 4.67 Å². The monoisotopic (exact) mass is 159 g/mol. The lowest BCUT2D eigenvalue weighted by molar-refractivity contribution is 0.216. The standard InChI is InChI=1S/C7H14NOP/c1-6-7(2)9-5-3-4-8(6)10/h3-5,10H2,1-2H3. The van der Waals surface area contributed by atoms with Crippen LogP contribution in [0.3, 0.4) is 0 Å². The number of hydrogen-bond acceptors (Lipinski definition) is 2. The van der Waals surface area contributed by atoms with Crippen LogP contribution in [0.25, 0.3) is 0 Å². The maximum atomic E-state index is 5.41. The Kier molecular flexibility index (Phi) is 2.56. The summed E-state index contributed by atoms with van der Waals surface area (Å²) < 4.78 is 7.57. The fourth-order valence-electron chi connectivity index (χ4n) is 0.935. The summed E-state index contributed by atoms with van der Waals surface area (Å²) in [5.74, 6) is 1.05. The van der Waals surface area contributed by atoms with Crippen molar-refractivity contribution in [1.29, 1.82) is 0 Å². The van der Waals surface area contributed by atoms with Gasteiger partial charge in [-0.1, -0.05) is 0 Å². The molecule has 3 heteroatoms. The molecular weight excluding hydrogens is 145 g/mol. The Hall–Kier alpha value is -0.230. The van der Waals surface area contributed by atoms with Gasteiger partial charge in [0, 0.05) is 6.54 Å². The molecule has 0 amide bonds. The van der Waals surface area contributed by atoms with Crippen molar-refractivity contribution >= 4 is 9.39 Å². The first kappa shape index (κ1) is 7.87. The van der Waals surface area contributed by atoms with Crippen LogP contribution in [0.5, 0.6) is 0 Å². The van der Waals surface area contributed by atoms with Gasteiger partial charge in [0.2, 0.25) is 0 Å². The second-order valence-corrected chi connectivity index (χ2v) is 3.16. The number of nitrogens with zero attached hydrogens (tertiary/aromatic N) is 1. The van der Waals surface area contributed by atoms with Crippen molar-refractivity contribution in [2.45, 2.75) is 20.3 Å². The van der Waals surface area contributed by atoms with E-state index in [0.717, 1.165) is 25.3 Å². The Bertz CT molecular complexity index is 156. The summed E-state index contributed by atoms with van der Waals surface area (Å²) in [6, 6.07) is 0. The Morgan fingerprint density at radius 1 is 1.50 bits per heavy atom. The van der Waals surface area contributed by atoms with Crippen LogP contribution in [-0.4, -0.2) is 17.8 Å². The third kappa shape index (κ3) is 1.63. The van der Waals surface area contributed by atoms with E-state index in [1.165, 1.54) is 5.70 Å². The van der Waals surface area contributed by atoms with Gasteiger partial charge in [-0.2, -0.15) is 0 Å². The zero-order valence-electron chi connectivity index (χ0n) is 6.55. The molecule has 0 saturated heterocycles. The maximum Gasteiger partial charge on any atom is 0.112 e. The number of allylic oxidation sites excluding steroid dienone is 2. The van der Waals surface area contributed by atoms with Crippen LogP contribution in [0.1, 0.15) is 20.3 Å². The maximum absolute atomic E-state index is 5.41. The first-order valence-electron chi connectivity index (χ1n) is 3.54. The van der Waals surface area contributed by atoms with E-state index >= 15 is 0 Å². The van der Waals surface area contributed by atoms with Gasteiger partial charge in [-0.15, -0.1) is 0 Å². The SMILES string of the molecule is CC1=C(C)N(P)CCCO1. The molecule has 0 spiro atoms. The minimum atomic E-state index is 0.855. The van der Waals surface area contributed by atoms with Crippen LogP contribution < -0.4 is 0 Å². The minimum absolute atomic E-state index is 0.855. The number of rotatable bonds is 0. The van der Waals surface area contributed by atoms with E-state index in [1.54, 1.807) is 0 Å². The summed E-state index contributed by atoms with van der Waals surface area (Å²) in [6.45, 7) is 6.02. The molecule has 2 nitrogen and oxygen atoms in total. The number of ether oxygens (including phenoxy) is 1. The van der Waals surface area contributed by atoms with Gasteiger partial charge < -0.3 is 9.41 Å². The third-order valence-electron chi connectivity index (χ3n) is 1.80. The lowest BCUT2D eigenvalue weighted by atomic mass is 10.4. The molecule has 0 fully saturated rings. The van der Waals surface area contributed by atoms with Gasteiger partial charge >= 0.3 is 0 Å². The second kappa shape index (κ2) is 3.25. The highest BCUT2D eigenvalue weighted by Crippen LogP contribution is 2.18. The average Bonchev–Trinajstić information content (AvgIpc) is 2.04. The molecule has 0 aromatic heterocycles. The predicted octanol–water partition coefficient (Wildman–Crippen LogP) is 1.75. The molecule has 0 bridgehead atoms. The van der Waals surface area contributed by atoms with Crippen LogP contribution in [0.2, 0.25) is 0 Å². The quantitative estimate of drug-likeness (QED) is 0.499. The number of hydrogen-bond donors (Lipinski definition) is 0. The van der Waals surface area contributed by atoms with E-state index in [2.05, 4.69) is 21.0 Å². The smallest absolute Gasteiger partial charge is 0.112 e. The Balaban J connectivity index is 2.69. The summed E-state index contributed by atoms with van der Waals surface area (Å²) in [7, 11) is 2.70. The van der Waals surface area contributed by atoms with Crippen molar-refractivity contribution in [3.05, 3.63) is 11.5 Å². The van der Waals surface area contributed by atoms with Crippen molar-refractivity contribution in [2.75, 3.05) is 13.2 Å². The fraction of sp³-hybridized carbons (Fsp3) is 0.714. The molecule has 10 heavy (non-hydrogen) atoms. The van der Waals surface area contributed by atoms with Crippen LogP contribution in [0.15, 0.2) is 11.5 Å². The zero-order valence-corrected chi connectivity index (χ0v) is 7.71. The van der Waals surface area contributed by atoms with Gasteiger partial charge in [-0.25, -0.2) is 0 Å². The molecular formula is C7H14NOP. The first-order valence-corrected chi connectivity index (χ1v) is 4.06. The van der Waals surface area contributed by atoms with Gasteiger partial charge in [-0.3, -0.25) is 0 Å². The summed E-state index contributed by atoms with van der Waals surface area (Å²) in [5, 5.41) is 0. The van der Waals surface area contributed by atoms with Gasteiger partial charge in [0.15, 0.2) is 0 Å². The molecule has 0 aliphatic carbocycles. The summed E-state index contributed by atoms with van der Waals surface area (Å²) in [5.41, 5.74) is 1.22. The van der Waals surface area contributed by atoms with Crippen molar-refractivity contribution in [2.24, 2.45) is 0 Å². The normalized spacial score (nSPS) is 20.5. The fourth-order valence-corrected chi connectivity index (χ4v) is 1.30. The summed E-state index contributed by atoms with van der Waals surface area (Å²) in [6.07, 6.45) is 1.11. The van der Waals surface area contributed by atoms with Gasteiger partial charge in [0.25, 0.3) is 0 Å². The lowest BCUT2D eigenvalue weighted by Gasteiger charge is -2.16. The van der Waals surface area contributed by atoms with Crippen molar-refractivity contribution < 1.29 is 4.74 Å². The Morgan fingerprint density at radius 2 is 2.20 bits per heavy atom. The second-order valence-electron chi connectivity index (χ2n) is 2.54. The molecule has 0 radical (unpaired) electrons. The Morgan fingerprint density at radius 3 is 2.90 bits per heavy atom. The first-order chi connectivity index (χ1) is 4.72. The topological polar surface area (TPSA) is 12.5 Å². The minimum Gasteiger partial charge on any atom is -0.496 e. The molecule has 1 heterocycles. The third-order valence-corrected chi connectivity index (χ3v) is 2.45. The zero-order chi connectivity index (χ0) is 7.56. The summed E-state index contributed by atoms with van der Waals surface area (Å²) >= 11 is 0. The molecule has 1 aliphatic heterocycles. The van der Waals surface area contributed by atoms with E-state index in [1.807, 2.05) is 6.92 Å². The predicted molar refractivity (Wildman–Crippen MR) is 45.4 cm³/mol. The van der Waals surface area contributed by atoms with Crippen LogP contribution >= 0.6 is 9.39 Å². The highest BCUT2D eigenvalue weighted by Gasteiger charge is 2.08.